The number of carbonyl (C=O) groups excluding carboxylic acids is 1. The zero-order chi connectivity index (χ0) is 11.5. The molecular weight excluding hydrogens is 222 g/mol. The molecule has 84 valence electrons. The zero-order valence-corrected chi connectivity index (χ0v) is 10.0. The molecule has 0 radical (unpaired) electrons. The summed E-state index contributed by atoms with van der Waals surface area (Å²) in [5, 5.41) is 8.84. The van der Waals surface area contributed by atoms with Gasteiger partial charge in [0, 0.05) is 12.7 Å². The summed E-state index contributed by atoms with van der Waals surface area (Å²) in [4.78, 5) is 12.6. The van der Waals surface area contributed by atoms with Crippen molar-refractivity contribution in [2.45, 2.75) is 20.4 Å². The van der Waals surface area contributed by atoms with Crippen LogP contribution in [-0.2, 0) is 6.54 Å². The van der Waals surface area contributed by atoms with Crippen LogP contribution in [0.25, 0.3) is 0 Å². The fourth-order valence-electron chi connectivity index (χ4n) is 1.39. The summed E-state index contributed by atoms with van der Waals surface area (Å²) in [5.41, 5.74) is 1.74. The maximum absolute atomic E-state index is 11.9. The first-order valence-corrected chi connectivity index (χ1v) is 5.96. The second kappa shape index (κ2) is 4.49. The normalized spacial score (nSPS) is 10.4. The number of aromatic nitrogens is 2. The van der Waals surface area contributed by atoms with E-state index in [0.717, 1.165) is 22.7 Å². The van der Waals surface area contributed by atoms with E-state index in [0.29, 0.717) is 0 Å². The van der Waals surface area contributed by atoms with Crippen LogP contribution in [0.15, 0.2) is 23.8 Å². The molecule has 5 heteroatoms. The van der Waals surface area contributed by atoms with E-state index in [2.05, 4.69) is 10.4 Å². The molecule has 0 spiro atoms. The molecule has 0 aliphatic rings. The van der Waals surface area contributed by atoms with Crippen LogP contribution in [0.5, 0.6) is 0 Å². The van der Waals surface area contributed by atoms with Gasteiger partial charge in [-0.3, -0.25) is 9.48 Å². The van der Waals surface area contributed by atoms with Gasteiger partial charge in [-0.15, -0.1) is 11.3 Å². The van der Waals surface area contributed by atoms with Crippen molar-refractivity contribution in [3.63, 3.8) is 0 Å². The van der Waals surface area contributed by atoms with Crippen molar-refractivity contribution in [2.75, 3.05) is 5.32 Å². The first-order chi connectivity index (χ1) is 7.70. The lowest BCUT2D eigenvalue weighted by atomic mass is 10.3. The Bertz CT molecular complexity index is 501. The summed E-state index contributed by atoms with van der Waals surface area (Å²) >= 11 is 1.45. The summed E-state index contributed by atoms with van der Waals surface area (Å²) in [6.45, 7) is 4.73. The van der Waals surface area contributed by atoms with E-state index in [-0.39, 0.29) is 5.91 Å². The molecule has 1 amide bonds. The summed E-state index contributed by atoms with van der Waals surface area (Å²) in [7, 11) is 0. The number of amides is 1. The van der Waals surface area contributed by atoms with Crippen LogP contribution in [0, 0.1) is 6.92 Å². The lowest BCUT2D eigenvalue weighted by Gasteiger charge is -2.00. The maximum atomic E-state index is 11.9. The number of aryl methyl sites for hydroxylation is 2. The Morgan fingerprint density at radius 1 is 1.62 bits per heavy atom. The number of hydrogen-bond acceptors (Lipinski definition) is 3. The highest BCUT2D eigenvalue weighted by atomic mass is 32.1. The van der Waals surface area contributed by atoms with Crippen molar-refractivity contribution < 1.29 is 4.79 Å². The molecule has 4 nitrogen and oxygen atoms in total. The van der Waals surface area contributed by atoms with Gasteiger partial charge in [0.1, 0.15) is 0 Å². The van der Waals surface area contributed by atoms with E-state index in [4.69, 9.17) is 0 Å². The summed E-state index contributed by atoms with van der Waals surface area (Å²) in [6.07, 6.45) is 3.48. The molecule has 2 rings (SSSR count). The lowest BCUT2D eigenvalue weighted by Crippen LogP contribution is -2.10. The van der Waals surface area contributed by atoms with Gasteiger partial charge in [-0.2, -0.15) is 5.10 Å². The van der Waals surface area contributed by atoms with Gasteiger partial charge >= 0.3 is 0 Å². The second-order valence-electron chi connectivity index (χ2n) is 3.47. The van der Waals surface area contributed by atoms with E-state index in [1.54, 1.807) is 10.9 Å². The molecule has 0 fully saturated rings. The second-order valence-corrected chi connectivity index (χ2v) is 4.39. The third-order valence-electron chi connectivity index (χ3n) is 2.28. The largest absolute Gasteiger partial charge is 0.319 e. The SMILES string of the molecule is CCn1cc(NC(=O)c2sccc2C)cn1. The van der Waals surface area contributed by atoms with Crippen LogP contribution in [-0.4, -0.2) is 15.7 Å². The Morgan fingerprint density at radius 2 is 2.44 bits per heavy atom. The average molecular weight is 235 g/mol. The standard InChI is InChI=1S/C11H13N3OS/c1-3-14-7-9(6-12-14)13-11(15)10-8(2)4-5-16-10/h4-7H,3H2,1-2H3,(H,13,15). The highest BCUT2D eigenvalue weighted by molar-refractivity contribution is 7.12. The topological polar surface area (TPSA) is 46.9 Å². The van der Waals surface area contributed by atoms with Gasteiger partial charge in [0.15, 0.2) is 0 Å². The number of anilines is 1. The van der Waals surface area contributed by atoms with Gasteiger partial charge in [0.05, 0.1) is 16.8 Å². The molecule has 0 bridgehead atoms. The van der Waals surface area contributed by atoms with Gasteiger partial charge in [0.2, 0.25) is 0 Å². The third-order valence-corrected chi connectivity index (χ3v) is 3.30. The molecule has 0 aliphatic carbocycles. The Balaban J connectivity index is 2.11. The molecule has 0 saturated heterocycles. The average Bonchev–Trinajstić information content (AvgIpc) is 2.86. The molecule has 2 aromatic heterocycles. The van der Waals surface area contributed by atoms with Crippen LogP contribution in [0.4, 0.5) is 5.69 Å². The van der Waals surface area contributed by atoms with Crippen molar-refractivity contribution in [2.24, 2.45) is 0 Å². The lowest BCUT2D eigenvalue weighted by molar-refractivity contribution is 0.103. The van der Waals surface area contributed by atoms with Crippen LogP contribution in [0.3, 0.4) is 0 Å². The van der Waals surface area contributed by atoms with Gasteiger partial charge < -0.3 is 5.32 Å². The molecule has 1 N–H and O–H groups in total. The van der Waals surface area contributed by atoms with E-state index < -0.39 is 0 Å². The van der Waals surface area contributed by atoms with Gasteiger partial charge in [0.25, 0.3) is 5.91 Å². The van der Waals surface area contributed by atoms with Crippen LogP contribution < -0.4 is 5.32 Å². The fraction of sp³-hybridized carbons (Fsp3) is 0.273. The smallest absolute Gasteiger partial charge is 0.266 e. The molecule has 16 heavy (non-hydrogen) atoms. The first-order valence-electron chi connectivity index (χ1n) is 5.08. The predicted octanol–water partition coefficient (Wildman–Crippen LogP) is 2.53. The van der Waals surface area contributed by atoms with Gasteiger partial charge in [-0.25, -0.2) is 0 Å². The summed E-state index contributed by atoms with van der Waals surface area (Å²) < 4.78 is 1.77. The van der Waals surface area contributed by atoms with Gasteiger partial charge in [-0.05, 0) is 30.9 Å². The molecule has 2 heterocycles. The number of carbonyl (C=O) groups is 1. The maximum Gasteiger partial charge on any atom is 0.266 e. The molecule has 0 saturated carbocycles. The molecular formula is C11H13N3OS. The van der Waals surface area contributed by atoms with Crippen LogP contribution in [0.2, 0.25) is 0 Å². The Morgan fingerprint density at radius 3 is 3.00 bits per heavy atom. The van der Waals surface area contributed by atoms with E-state index in [1.165, 1.54) is 11.3 Å². The van der Waals surface area contributed by atoms with Crippen molar-refractivity contribution in [1.82, 2.24) is 9.78 Å². The zero-order valence-electron chi connectivity index (χ0n) is 9.23. The predicted molar refractivity (Wildman–Crippen MR) is 64.9 cm³/mol. The molecule has 0 unspecified atom stereocenters. The fourth-order valence-corrected chi connectivity index (χ4v) is 2.21. The number of thiophene rings is 1. The van der Waals surface area contributed by atoms with Gasteiger partial charge in [-0.1, -0.05) is 0 Å². The molecule has 0 atom stereocenters. The molecule has 2 aromatic rings. The number of rotatable bonds is 3. The quantitative estimate of drug-likeness (QED) is 0.888. The van der Waals surface area contributed by atoms with E-state index in [9.17, 15) is 4.79 Å². The minimum atomic E-state index is -0.0665. The van der Waals surface area contributed by atoms with E-state index >= 15 is 0 Å². The number of hydrogen-bond donors (Lipinski definition) is 1. The minimum absolute atomic E-state index is 0.0665. The minimum Gasteiger partial charge on any atom is -0.319 e. The Hall–Kier alpha value is -1.62. The highest BCUT2D eigenvalue weighted by Gasteiger charge is 2.11. The van der Waals surface area contributed by atoms with Crippen molar-refractivity contribution in [1.29, 1.82) is 0 Å². The first kappa shape index (κ1) is 10.9. The Labute approximate surface area is 97.9 Å². The van der Waals surface area contributed by atoms with E-state index in [1.807, 2.05) is 31.5 Å². The number of nitrogens with one attached hydrogen (secondary N) is 1. The summed E-state index contributed by atoms with van der Waals surface area (Å²) in [5.74, 6) is -0.0665. The number of nitrogens with zero attached hydrogens (tertiary/aromatic N) is 2. The molecule has 0 aromatic carbocycles. The van der Waals surface area contributed by atoms with Crippen LogP contribution >= 0.6 is 11.3 Å². The van der Waals surface area contributed by atoms with Crippen LogP contribution in [0.1, 0.15) is 22.2 Å². The Kier molecular flexibility index (Phi) is 3.05. The summed E-state index contributed by atoms with van der Waals surface area (Å²) in [6, 6.07) is 1.94. The molecule has 0 aliphatic heterocycles. The third kappa shape index (κ3) is 2.14. The van der Waals surface area contributed by atoms with Crippen molar-refractivity contribution in [3.05, 3.63) is 34.3 Å². The van der Waals surface area contributed by atoms with Crippen molar-refractivity contribution >= 4 is 22.9 Å². The van der Waals surface area contributed by atoms with Crippen molar-refractivity contribution in [3.8, 4) is 0 Å². The highest BCUT2D eigenvalue weighted by Crippen LogP contribution is 2.17. The monoisotopic (exact) mass is 235 g/mol.